The summed E-state index contributed by atoms with van der Waals surface area (Å²) in [4.78, 5) is 13.1. The van der Waals surface area contributed by atoms with Crippen LogP contribution in [0.1, 0.15) is 11.7 Å². The highest BCUT2D eigenvalue weighted by Crippen LogP contribution is 2.41. The van der Waals surface area contributed by atoms with E-state index >= 15 is 0 Å². The van der Waals surface area contributed by atoms with Gasteiger partial charge in [0.25, 0.3) is 5.97 Å². The lowest BCUT2D eigenvalue weighted by atomic mass is 10.1. The van der Waals surface area contributed by atoms with Gasteiger partial charge in [-0.1, -0.05) is 50.0 Å². The van der Waals surface area contributed by atoms with Gasteiger partial charge in [-0.25, -0.2) is 0 Å². The van der Waals surface area contributed by atoms with Gasteiger partial charge in [0.15, 0.2) is 8.32 Å². The van der Waals surface area contributed by atoms with E-state index in [0.717, 1.165) is 5.56 Å². The molecule has 0 amide bonds. The molecule has 0 aromatic heterocycles. The van der Waals surface area contributed by atoms with Crippen molar-refractivity contribution in [3.8, 4) is 0 Å². The third kappa shape index (κ3) is 7.04. The smallest absolute Gasteiger partial charge is 0.295 e. The summed E-state index contributed by atoms with van der Waals surface area (Å²) in [6.45, 7) is 19.4. The number of benzene rings is 1. The predicted octanol–water partition coefficient (Wildman–Crippen LogP) is 5.67. The molecule has 0 N–H and O–H groups in total. The molecule has 2 atom stereocenters. The van der Waals surface area contributed by atoms with Crippen molar-refractivity contribution in [3.05, 3.63) is 35.9 Å². The molecule has 1 aromatic rings. The van der Waals surface area contributed by atoms with E-state index in [-0.39, 0.29) is 17.6 Å². The first-order valence-corrected chi connectivity index (χ1v) is 19.1. The summed E-state index contributed by atoms with van der Waals surface area (Å²) in [6, 6.07) is 10.2. The zero-order valence-electron chi connectivity index (χ0n) is 16.8. The Morgan fingerprint density at radius 2 is 1.33 bits per heavy atom. The summed E-state index contributed by atoms with van der Waals surface area (Å²) in [7, 11) is -5.61. The molecule has 0 fully saturated rings. The van der Waals surface area contributed by atoms with Crippen molar-refractivity contribution in [2.24, 2.45) is 0 Å². The molecule has 136 valence electrons. The molecule has 0 heterocycles. The fraction of sp³-hybridized carbons (Fsp3) is 0.611. The van der Waals surface area contributed by atoms with Gasteiger partial charge in [-0.2, -0.15) is 0 Å². The van der Waals surface area contributed by atoms with Crippen molar-refractivity contribution in [2.45, 2.75) is 70.6 Å². The minimum Gasteiger partial charge on any atom is -0.520 e. The van der Waals surface area contributed by atoms with Crippen molar-refractivity contribution in [1.29, 1.82) is 0 Å². The fourth-order valence-corrected chi connectivity index (χ4v) is 6.60. The Morgan fingerprint density at radius 3 is 1.71 bits per heavy atom. The van der Waals surface area contributed by atoms with Crippen LogP contribution in [-0.2, 0) is 13.6 Å². The monoisotopic (exact) mass is 382 g/mol. The van der Waals surface area contributed by atoms with Gasteiger partial charge in [-0.05, 0) is 44.8 Å². The van der Waals surface area contributed by atoms with E-state index < -0.39 is 24.7 Å². The van der Waals surface area contributed by atoms with Crippen molar-refractivity contribution >= 4 is 30.7 Å². The molecule has 0 aliphatic heterocycles. The lowest BCUT2D eigenvalue weighted by Crippen LogP contribution is -2.45. The molecular weight excluding hydrogens is 348 g/mol. The lowest BCUT2D eigenvalue weighted by Gasteiger charge is -2.38. The third-order valence-electron chi connectivity index (χ3n) is 3.51. The normalized spacial score (nSPS) is 15.7. The van der Waals surface area contributed by atoms with Crippen LogP contribution in [0.2, 0.25) is 64.5 Å². The molecule has 0 unspecified atom stereocenters. The van der Waals surface area contributed by atoms with Gasteiger partial charge >= 0.3 is 0 Å². The van der Waals surface area contributed by atoms with Crippen LogP contribution in [0.3, 0.4) is 0 Å². The molecule has 0 saturated carbocycles. The Morgan fingerprint density at radius 1 is 0.833 bits per heavy atom. The summed E-state index contributed by atoms with van der Waals surface area (Å²) < 4.78 is 12.4. The van der Waals surface area contributed by atoms with Gasteiger partial charge in [0.2, 0.25) is 8.32 Å². The molecule has 1 aromatic carbocycles. The number of rotatable bonds is 7. The molecule has 1 rings (SSSR count). The second-order valence-electron chi connectivity index (χ2n) is 9.44. The van der Waals surface area contributed by atoms with E-state index in [9.17, 15) is 4.79 Å². The number of hydrogen-bond donors (Lipinski definition) is 0. The number of hydrogen-bond acceptors (Lipinski definition) is 3. The van der Waals surface area contributed by atoms with Gasteiger partial charge in [-0.15, -0.1) is 0 Å². The van der Waals surface area contributed by atoms with Crippen LogP contribution < -0.4 is 0 Å². The lowest BCUT2D eigenvalue weighted by molar-refractivity contribution is -0.137. The van der Waals surface area contributed by atoms with E-state index in [2.05, 4.69) is 71.1 Å². The maximum Gasteiger partial charge on any atom is 0.295 e. The maximum atomic E-state index is 13.1. The van der Waals surface area contributed by atoms with Gasteiger partial charge in [-0.3, -0.25) is 4.79 Å². The van der Waals surface area contributed by atoms with Crippen LogP contribution in [0.25, 0.3) is 0 Å². The second-order valence-corrected chi connectivity index (χ2v) is 23.7. The van der Waals surface area contributed by atoms with E-state index in [0.29, 0.717) is 0 Å². The molecular formula is C18H34O3Si3. The predicted molar refractivity (Wildman–Crippen MR) is 110 cm³/mol. The molecule has 0 aliphatic carbocycles. The molecule has 24 heavy (non-hydrogen) atoms. The highest BCUT2D eigenvalue weighted by Gasteiger charge is 2.44. The third-order valence-corrected chi connectivity index (χ3v) is 7.68. The van der Waals surface area contributed by atoms with Crippen molar-refractivity contribution in [3.63, 3.8) is 0 Å². The van der Waals surface area contributed by atoms with Crippen molar-refractivity contribution < 1.29 is 13.6 Å². The first-order chi connectivity index (χ1) is 10.7. The largest absolute Gasteiger partial charge is 0.520 e. The van der Waals surface area contributed by atoms with Crippen LogP contribution in [0, 0.1) is 0 Å². The van der Waals surface area contributed by atoms with Gasteiger partial charge in [0, 0.05) is 0 Å². The van der Waals surface area contributed by atoms with Crippen molar-refractivity contribution in [2.75, 3.05) is 0 Å². The van der Waals surface area contributed by atoms with Crippen LogP contribution >= 0.6 is 0 Å². The summed E-state index contributed by atoms with van der Waals surface area (Å²) >= 11 is 0. The molecule has 0 aliphatic rings. The second kappa shape index (κ2) is 7.68. The Kier molecular flexibility index (Phi) is 6.83. The number of carbonyl (C=O) groups excluding carboxylic acids is 1. The van der Waals surface area contributed by atoms with E-state index in [1.807, 2.05) is 18.2 Å². The fourth-order valence-electron chi connectivity index (χ4n) is 2.65. The highest BCUT2D eigenvalue weighted by atomic mass is 28.4. The minimum absolute atomic E-state index is 0.0690. The maximum absolute atomic E-state index is 13.1. The average molecular weight is 383 g/mol. The molecule has 0 bridgehead atoms. The zero-order valence-corrected chi connectivity index (χ0v) is 19.8. The van der Waals surface area contributed by atoms with Crippen molar-refractivity contribution in [1.82, 2.24) is 0 Å². The van der Waals surface area contributed by atoms with E-state index in [4.69, 9.17) is 8.85 Å². The minimum atomic E-state index is -1.94. The molecule has 0 spiro atoms. The molecule has 0 radical (unpaired) electrons. The summed E-state index contributed by atoms with van der Waals surface area (Å²) in [5.41, 5.74) is 0.887. The Bertz CT molecular complexity index is 539. The van der Waals surface area contributed by atoms with Crippen LogP contribution in [-0.4, -0.2) is 30.7 Å². The number of carbonyl (C=O) groups is 1. The van der Waals surface area contributed by atoms with Gasteiger partial charge in [0.1, 0.15) is 0 Å². The topological polar surface area (TPSA) is 35.5 Å². The molecule has 0 saturated heterocycles. The summed E-state index contributed by atoms with van der Waals surface area (Å²) in [5, 5.41) is 0. The average Bonchev–Trinajstić information content (AvgIpc) is 2.33. The summed E-state index contributed by atoms with van der Waals surface area (Å²) in [6.07, 6.45) is -0.214. The summed E-state index contributed by atoms with van der Waals surface area (Å²) in [5.74, 6) is -0.0690. The Labute approximate surface area is 151 Å². The molecule has 3 nitrogen and oxygen atoms in total. The van der Waals surface area contributed by atoms with Crippen LogP contribution in [0.4, 0.5) is 0 Å². The van der Waals surface area contributed by atoms with Gasteiger partial charge in [0.05, 0.1) is 19.7 Å². The van der Waals surface area contributed by atoms with Gasteiger partial charge < -0.3 is 8.85 Å². The standard InChI is InChI=1S/C18H34O3Si3/c1-22(2,3)17(18(19)21-24(7,8)9)16(20-23(4,5)6)15-13-11-10-12-14-15/h10-14,16-17H,1-9H3/t16-,17-/m0/s1. The molecule has 6 heteroatoms. The SMILES string of the molecule is C[Si](C)(C)OC(=O)[C@H]([C@@H](O[Si](C)(C)C)c1ccccc1)[Si](C)(C)C. The Balaban J connectivity index is 3.33. The quantitative estimate of drug-likeness (QED) is 0.570. The van der Waals surface area contributed by atoms with Crippen LogP contribution in [0.5, 0.6) is 0 Å². The van der Waals surface area contributed by atoms with E-state index in [1.165, 1.54) is 0 Å². The first-order valence-electron chi connectivity index (χ1n) is 8.66. The highest BCUT2D eigenvalue weighted by molar-refractivity contribution is 6.81. The Hall–Kier alpha value is -0.699. The first kappa shape index (κ1) is 21.3. The zero-order chi connectivity index (χ0) is 18.8. The van der Waals surface area contributed by atoms with Crippen LogP contribution in [0.15, 0.2) is 30.3 Å². The van der Waals surface area contributed by atoms with E-state index in [1.54, 1.807) is 0 Å².